The molecule has 0 N–H and O–H groups in total. The van der Waals surface area contributed by atoms with E-state index in [0.29, 0.717) is 5.82 Å². The Morgan fingerprint density at radius 2 is 0.960 bits per heavy atom. The van der Waals surface area contributed by atoms with Gasteiger partial charge >= 0.3 is 0 Å². The lowest BCUT2D eigenvalue weighted by molar-refractivity contribution is 0.669. The van der Waals surface area contributed by atoms with Gasteiger partial charge in [0.1, 0.15) is 11.2 Å². The molecule has 234 valence electrons. The monoisotopic (exact) mass is 638 g/mol. The fourth-order valence-corrected chi connectivity index (χ4v) is 7.99. The maximum absolute atomic E-state index is 6.79. The van der Waals surface area contributed by atoms with Gasteiger partial charge in [-0.3, -0.25) is 0 Å². The molecule has 1 aliphatic carbocycles. The molecule has 3 nitrogen and oxygen atoms in total. The normalized spacial score (nSPS) is 13.0. The molecular formula is C47H30N2O. The molecule has 7 aromatic carbocycles. The minimum atomic E-state index is -0.555. The van der Waals surface area contributed by atoms with Gasteiger partial charge in [0.2, 0.25) is 0 Å². The molecule has 0 saturated heterocycles. The van der Waals surface area contributed by atoms with Crippen LogP contribution in [0.1, 0.15) is 22.3 Å². The number of hydrogen-bond acceptors (Lipinski definition) is 3. The number of rotatable bonds is 5. The van der Waals surface area contributed by atoms with Crippen LogP contribution in [0, 0.1) is 0 Å². The van der Waals surface area contributed by atoms with Crippen LogP contribution in [0.25, 0.3) is 67.0 Å². The molecule has 1 aliphatic rings. The van der Waals surface area contributed by atoms with Gasteiger partial charge in [0.05, 0.1) is 16.8 Å². The maximum Gasteiger partial charge on any atom is 0.160 e. The Labute approximate surface area is 290 Å². The van der Waals surface area contributed by atoms with Crippen LogP contribution in [-0.2, 0) is 5.41 Å². The van der Waals surface area contributed by atoms with Crippen LogP contribution >= 0.6 is 0 Å². The summed E-state index contributed by atoms with van der Waals surface area (Å²) < 4.78 is 6.79. The van der Waals surface area contributed by atoms with E-state index in [9.17, 15) is 0 Å². The van der Waals surface area contributed by atoms with Crippen molar-refractivity contribution < 1.29 is 4.42 Å². The Morgan fingerprint density at radius 3 is 1.58 bits per heavy atom. The zero-order valence-electron chi connectivity index (χ0n) is 27.1. The summed E-state index contributed by atoms with van der Waals surface area (Å²) in [4.78, 5) is 10.4. The average molecular weight is 639 g/mol. The van der Waals surface area contributed by atoms with E-state index in [1.54, 1.807) is 0 Å². The van der Waals surface area contributed by atoms with Crippen molar-refractivity contribution in [2.75, 3.05) is 0 Å². The number of para-hydroxylation sites is 1. The van der Waals surface area contributed by atoms with Crippen LogP contribution in [0.15, 0.2) is 186 Å². The van der Waals surface area contributed by atoms with Crippen LogP contribution in [0.3, 0.4) is 0 Å². The van der Waals surface area contributed by atoms with Gasteiger partial charge in [0.25, 0.3) is 0 Å². The van der Waals surface area contributed by atoms with Gasteiger partial charge in [-0.15, -0.1) is 0 Å². The number of aromatic nitrogens is 2. The minimum Gasteiger partial charge on any atom is -0.455 e. The Kier molecular flexibility index (Phi) is 6.40. The molecular weight excluding hydrogens is 609 g/mol. The van der Waals surface area contributed by atoms with Crippen molar-refractivity contribution in [3.05, 3.63) is 204 Å². The quantitative estimate of drug-likeness (QED) is 0.188. The van der Waals surface area contributed by atoms with E-state index < -0.39 is 5.41 Å². The molecule has 0 atom stereocenters. The van der Waals surface area contributed by atoms with Crippen molar-refractivity contribution in [3.63, 3.8) is 0 Å². The lowest BCUT2D eigenvalue weighted by atomic mass is 9.67. The third-order valence-corrected chi connectivity index (χ3v) is 10.2. The second kappa shape index (κ2) is 11.3. The molecule has 0 unspecified atom stereocenters. The fraction of sp³-hybridized carbons (Fsp3) is 0.0213. The predicted octanol–water partition coefficient (Wildman–Crippen LogP) is 11.7. The molecule has 2 aromatic heterocycles. The molecule has 0 aliphatic heterocycles. The summed E-state index contributed by atoms with van der Waals surface area (Å²) in [5.41, 5.74) is 13.2. The molecule has 0 amide bonds. The SMILES string of the molecule is c1ccc(-c2cc(-c3ccccc3)nc(-c3ccc4c(c3)-c3c(ccc5c3oc3ccccc35)C4(c3ccccc3)c3ccccc3)n2)cc1. The molecule has 0 bridgehead atoms. The predicted molar refractivity (Wildman–Crippen MR) is 203 cm³/mol. The highest BCUT2D eigenvalue weighted by Crippen LogP contribution is 2.59. The first kappa shape index (κ1) is 28.4. The fourth-order valence-electron chi connectivity index (χ4n) is 7.99. The van der Waals surface area contributed by atoms with Crippen LogP contribution in [0.4, 0.5) is 0 Å². The van der Waals surface area contributed by atoms with E-state index in [2.05, 4.69) is 164 Å². The van der Waals surface area contributed by atoms with Gasteiger partial charge in [-0.1, -0.05) is 164 Å². The standard InChI is InChI=1S/C47H30N2O/c1-5-15-31(16-6-1)41-30-42(32-17-7-2-8-18-32)49-46(48-41)33-25-27-39-38(29-33)44-40(28-26-37-36-23-13-14-24-43(36)50-45(37)44)47(39,34-19-9-3-10-20-34)35-21-11-4-12-22-35/h1-30H. The third kappa shape index (κ3) is 4.23. The van der Waals surface area contributed by atoms with E-state index >= 15 is 0 Å². The van der Waals surface area contributed by atoms with Crippen LogP contribution in [0.5, 0.6) is 0 Å². The summed E-state index contributed by atoms with van der Waals surface area (Å²) in [6, 6.07) is 64.2. The highest BCUT2D eigenvalue weighted by atomic mass is 16.3. The van der Waals surface area contributed by atoms with E-state index in [1.165, 1.54) is 22.3 Å². The molecule has 50 heavy (non-hydrogen) atoms. The molecule has 0 radical (unpaired) electrons. The van der Waals surface area contributed by atoms with Gasteiger partial charge in [-0.05, 0) is 46.0 Å². The van der Waals surface area contributed by atoms with Crippen molar-refractivity contribution in [1.29, 1.82) is 0 Å². The van der Waals surface area contributed by atoms with Crippen molar-refractivity contribution >= 4 is 21.9 Å². The van der Waals surface area contributed by atoms with Gasteiger partial charge in [0, 0.05) is 33.0 Å². The van der Waals surface area contributed by atoms with Crippen LogP contribution in [0.2, 0.25) is 0 Å². The summed E-state index contributed by atoms with van der Waals surface area (Å²) in [7, 11) is 0. The maximum atomic E-state index is 6.79. The van der Waals surface area contributed by atoms with E-state index in [4.69, 9.17) is 14.4 Å². The largest absolute Gasteiger partial charge is 0.455 e. The number of furan rings is 1. The number of nitrogens with zero attached hydrogens (tertiary/aromatic N) is 2. The molecule has 0 fully saturated rings. The van der Waals surface area contributed by atoms with Gasteiger partial charge in [-0.25, -0.2) is 9.97 Å². The molecule has 0 spiro atoms. The molecule has 2 heterocycles. The van der Waals surface area contributed by atoms with E-state index in [-0.39, 0.29) is 0 Å². The lowest BCUT2D eigenvalue weighted by Crippen LogP contribution is -2.28. The van der Waals surface area contributed by atoms with E-state index in [0.717, 1.165) is 61.1 Å². The first-order chi connectivity index (χ1) is 24.8. The van der Waals surface area contributed by atoms with Crippen molar-refractivity contribution in [2.45, 2.75) is 5.41 Å². The smallest absolute Gasteiger partial charge is 0.160 e. The first-order valence-corrected chi connectivity index (χ1v) is 17.0. The summed E-state index contributed by atoms with van der Waals surface area (Å²) in [5, 5.41) is 2.23. The van der Waals surface area contributed by atoms with Crippen molar-refractivity contribution in [1.82, 2.24) is 9.97 Å². The number of hydrogen-bond donors (Lipinski definition) is 0. The van der Waals surface area contributed by atoms with Crippen molar-refractivity contribution in [2.24, 2.45) is 0 Å². The zero-order valence-corrected chi connectivity index (χ0v) is 27.1. The summed E-state index contributed by atoms with van der Waals surface area (Å²) >= 11 is 0. The Balaban J connectivity index is 1.29. The van der Waals surface area contributed by atoms with Crippen molar-refractivity contribution in [3.8, 4) is 45.0 Å². The highest BCUT2D eigenvalue weighted by Gasteiger charge is 2.47. The minimum absolute atomic E-state index is 0.555. The second-order valence-corrected chi connectivity index (χ2v) is 12.9. The molecule has 3 heteroatoms. The zero-order chi connectivity index (χ0) is 33.1. The topological polar surface area (TPSA) is 38.9 Å². The second-order valence-electron chi connectivity index (χ2n) is 12.9. The summed E-state index contributed by atoms with van der Waals surface area (Å²) in [6.45, 7) is 0. The van der Waals surface area contributed by atoms with Crippen LogP contribution < -0.4 is 0 Å². The van der Waals surface area contributed by atoms with Crippen LogP contribution in [-0.4, -0.2) is 9.97 Å². The highest BCUT2D eigenvalue weighted by molar-refractivity contribution is 6.12. The van der Waals surface area contributed by atoms with Gasteiger partial charge in [-0.2, -0.15) is 0 Å². The average Bonchev–Trinajstić information content (AvgIpc) is 3.73. The lowest BCUT2D eigenvalue weighted by Gasteiger charge is -2.33. The molecule has 0 saturated carbocycles. The van der Waals surface area contributed by atoms with Gasteiger partial charge < -0.3 is 4.42 Å². The van der Waals surface area contributed by atoms with E-state index in [1.807, 2.05) is 18.2 Å². The Bertz CT molecular complexity index is 2580. The number of fused-ring (bicyclic) bond motifs is 7. The summed E-state index contributed by atoms with van der Waals surface area (Å²) in [5.74, 6) is 0.684. The molecule has 9 aromatic rings. The summed E-state index contributed by atoms with van der Waals surface area (Å²) in [6.07, 6.45) is 0. The molecule has 10 rings (SSSR count). The Hall–Kier alpha value is -6.58. The third-order valence-electron chi connectivity index (χ3n) is 10.2. The van der Waals surface area contributed by atoms with Gasteiger partial charge in [0.15, 0.2) is 5.82 Å². The Morgan fingerprint density at radius 1 is 0.420 bits per heavy atom. The number of benzene rings is 7. The first-order valence-electron chi connectivity index (χ1n) is 17.0.